The second-order valence-electron chi connectivity index (χ2n) is 3.49. The normalized spacial score (nSPS) is 9.76. The lowest BCUT2D eigenvalue weighted by Gasteiger charge is -2.03. The Balaban J connectivity index is 2.56. The second-order valence-corrected chi connectivity index (χ2v) is 3.49. The van der Waals surface area contributed by atoms with Crippen LogP contribution in [0.15, 0.2) is 24.3 Å². The molecule has 0 unspecified atom stereocenters. The Bertz CT molecular complexity index is 381. The molecule has 0 spiro atoms. The van der Waals surface area contributed by atoms with E-state index in [4.69, 9.17) is 4.74 Å². The zero-order valence-corrected chi connectivity index (χ0v) is 10.1. The minimum Gasteiger partial charge on any atom is -0.469 e. The molecular formula is C13H16O4. The summed E-state index contributed by atoms with van der Waals surface area (Å²) >= 11 is 0. The molecular weight excluding hydrogens is 220 g/mol. The molecule has 0 aliphatic heterocycles. The first-order valence-corrected chi connectivity index (χ1v) is 5.50. The van der Waals surface area contributed by atoms with E-state index in [9.17, 15) is 9.59 Å². The molecule has 0 heterocycles. The van der Waals surface area contributed by atoms with Gasteiger partial charge < -0.3 is 9.47 Å². The maximum atomic E-state index is 11.4. The first-order chi connectivity index (χ1) is 8.17. The SMILES string of the molecule is CCOC(=O)c1ccc(CCC(=O)OC)cc1. The van der Waals surface area contributed by atoms with Crippen molar-refractivity contribution < 1.29 is 19.1 Å². The summed E-state index contributed by atoms with van der Waals surface area (Å²) in [5, 5.41) is 0. The van der Waals surface area contributed by atoms with Crippen molar-refractivity contribution in [2.45, 2.75) is 19.8 Å². The number of esters is 2. The fourth-order valence-electron chi connectivity index (χ4n) is 1.37. The zero-order valence-electron chi connectivity index (χ0n) is 10.1. The van der Waals surface area contributed by atoms with Crippen LogP contribution in [-0.4, -0.2) is 25.7 Å². The molecule has 1 aromatic rings. The van der Waals surface area contributed by atoms with Crippen LogP contribution in [0.25, 0.3) is 0 Å². The highest BCUT2D eigenvalue weighted by molar-refractivity contribution is 5.89. The van der Waals surface area contributed by atoms with Crippen molar-refractivity contribution >= 4 is 11.9 Å². The molecule has 1 aromatic carbocycles. The van der Waals surface area contributed by atoms with Crippen LogP contribution in [0.2, 0.25) is 0 Å². The number of carbonyl (C=O) groups is 2. The molecule has 0 amide bonds. The van der Waals surface area contributed by atoms with E-state index in [1.807, 2.05) is 12.1 Å². The molecule has 0 N–H and O–H groups in total. The van der Waals surface area contributed by atoms with E-state index >= 15 is 0 Å². The van der Waals surface area contributed by atoms with Gasteiger partial charge in [-0.1, -0.05) is 12.1 Å². The predicted octanol–water partition coefficient (Wildman–Crippen LogP) is 1.97. The van der Waals surface area contributed by atoms with Crippen LogP contribution in [0.3, 0.4) is 0 Å². The van der Waals surface area contributed by atoms with Crippen LogP contribution in [0.5, 0.6) is 0 Å². The monoisotopic (exact) mass is 236 g/mol. The van der Waals surface area contributed by atoms with Crippen molar-refractivity contribution in [3.05, 3.63) is 35.4 Å². The number of ether oxygens (including phenoxy) is 2. The number of methoxy groups -OCH3 is 1. The standard InChI is InChI=1S/C13H16O4/c1-3-17-13(15)11-7-4-10(5-8-11)6-9-12(14)16-2/h4-5,7-8H,3,6,9H2,1-2H3. The molecule has 92 valence electrons. The van der Waals surface area contributed by atoms with Gasteiger partial charge in [-0.25, -0.2) is 4.79 Å². The molecule has 4 nitrogen and oxygen atoms in total. The average Bonchev–Trinajstić information content (AvgIpc) is 2.36. The Hall–Kier alpha value is -1.84. The van der Waals surface area contributed by atoms with Gasteiger partial charge in [0.1, 0.15) is 0 Å². The van der Waals surface area contributed by atoms with Gasteiger partial charge >= 0.3 is 11.9 Å². The minimum absolute atomic E-state index is 0.237. The van der Waals surface area contributed by atoms with Gasteiger partial charge in [-0.05, 0) is 31.0 Å². The summed E-state index contributed by atoms with van der Waals surface area (Å²) in [4.78, 5) is 22.3. The first kappa shape index (κ1) is 13.2. The van der Waals surface area contributed by atoms with Crippen molar-refractivity contribution in [1.82, 2.24) is 0 Å². The Kier molecular flexibility index (Phi) is 5.20. The third kappa shape index (κ3) is 4.26. The van der Waals surface area contributed by atoms with Crippen molar-refractivity contribution in [2.75, 3.05) is 13.7 Å². The van der Waals surface area contributed by atoms with Crippen LogP contribution in [0.4, 0.5) is 0 Å². The Labute approximate surface area is 101 Å². The molecule has 1 rings (SSSR count). The van der Waals surface area contributed by atoms with Crippen molar-refractivity contribution in [1.29, 1.82) is 0 Å². The Morgan fingerprint density at radius 1 is 1.18 bits per heavy atom. The van der Waals surface area contributed by atoms with Crippen molar-refractivity contribution in [2.24, 2.45) is 0 Å². The maximum Gasteiger partial charge on any atom is 0.338 e. The molecule has 0 aromatic heterocycles. The van der Waals surface area contributed by atoms with Gasteiger partial charge in [-0.3, -0.25) is 4.79 Å². The molecule has 17 heavy (non-hydrogen) atoms. The van der Waals surface area contributed by atoms with E-state index < -0.39 is 0 Å². The van der Waals surface area contributed by atoms with Crippen LogP contribution in [0.1, 0.15) is 29.3 Å². The first-order valence-electron chi connectivity index (χ1n) is 5.50. The van der Waals surface area contributed by atoms with Gasteiger partial charge in [0.2, 0.25) is 0 Å². The van der Waals surface area contributed by atoms with Crippen LogP contribution in [-0.2, 0) is 20.7 Å². The van der Waals surface area contributed by atoms with E-state index in [0.29, 0.717) is 25.0 Å². The van der Waals surface area contributed by atoms with Crippen molar-refractivity contribution in [3.63, 3.8) is 0 Å². The summed E-state index contributed by atoms with van der Waals surface area (Å²) in [6, 6.07) is 7.03. The van der Waals surface area contributed by atoms with E-state index in [-0.39, 0.29) is 11.9 Å². The topological polar surface area (TPSA) is 52.6 Å². The van der Waals surface area contributed by atoms with Gasteiger partial charge in [0.05, 0.1) is 19.3 Å². The van der Waals surface area contributed by atoms with Crippen LogP contribution in [0, 0.1) is 0 Å². The summed E-state index contributed by atoms with van der Waals surface area (Å²) in [6.45, 7) is 2.13. The number of aryl methyl sites for hydroxylation is 1. The van der Waals surface area contributed by atoms with E-state index in [1.54, 1.807) is 19.1 Å². The van der Waals surface area contributed by atoms with E-state index in [0.717, 1.165) is 5.56 Å². The fraction of sp³-hybridized carbons (Fsp3) is 0.385. The summed E-state index contributed by atoms with van der Waals surface area (Å²) in [7, 11) is 1.37. The highest BCUT2D eigenvalue weighted by Gasteiger charge is 2.06. The molecule has 0 bridgehead atoms. The summed E-state index contributed by atoms with van der Waals surface area (Å²) in [6.07, 6.45) is 0.949. The van der Waals surface area contributed by atoms with Gasteiger partial charge in [0.15, 0.2) is 0 Å². The number of carbonyl (C=O) groups excluding carboxylic acids is 2. The summed E-state index contributed by atoms with van der Waals surface area (Å²) < 4.78 is 9.42. The third-order valence-electron chi connectivity index (χ3n) is 2.31. The number of hydrogen-bond donors (Lipinski definition) is 0. The maximum absolute atomic E-state index is 11.4. The Morgan fingerprint density at radius 2 is 1.82 bits per heavy atom. The largest absolute Gasteiger partial charge is 0.469 e. The smallest absolute Gasteiger partial charge is 0.338 e. The van der Waals surface area contributed by atoms with Crippen molar-refractivity contribution in [3.8, 4) is 0 Å². The van der Waals surface area contributed by atoms with Crippen LogP contribution >= 0.6 is 0 Å². The Morgan fingerprint density at radius 3 is 2.35 bits per heavy atom. The molecule has 4 heteroatoms. The van der Waals surface area contributed by atoms with Gasteiger partial charge in [-0.15, -0.1) is 0 Å². The highest BCUT2D eigenvalue weighted by Crippen LogP contribution is 2.08. The minimum atomic E-state index is -0.327. The third-order valence-corrected chi connectivity index (χ3v) is 2.31. The van der Waals surface area contributed by atoms with Crippen LogP contribution < -0.4 is 0 Å². The van der Waals surface area contributed by atoms with Gasteiger partial charge in [0, 0.05) is 6.42 Å². The molecule has 0 aliphatic carbocycles. The molecule has 0 fully saturated rings. The zero-order chi connectivity index (χ0) is 12.7. The predicted molar refractivity (Wildman–Crippen MR) is 62.7 cm³/mol. The van der Waals surface area contributed by atoms with E-state index in [1.165, 1.54) is 7.11 Å². The second kappa shape index (κ2) is 6.68. The molecule has 0 atom stereocenters. The molecule has 0 saturated heterocycles. The van der Waals surface area contributed by atoms with Gasteiger partial charge in [0.25, 0.3) is 0 Å². The number of hydrogen-bond acceptors (Lipinski definition) is 4. The quantitative estimate of drug-likeness (QED) is 0.733. The lowest BCUT2D eigenvalue weighted by atomic mass is 10.1. The average molecular weight is 236 g/mol. The number of benzene rings is 1. The fourth-order valence-corrected chi connectivity index (χ4v) is 1.37. The molecule has 0 aliphatic rings. The summed E-state index contributed by atoms with van der Waals surface area (Å²) in [5.41, 5.74) is 1.51. The number of rotatable bonds is 5. The molecule has 0 saturated carbocycles. The lowest BCUT2D eigenvalue weighted by molar-refractivity contribution is -0.140. The van der Waals surface area contributed by atoms with E-state index in [2.05, 4.69) is 4.74 Å². The highest BCUT2D eigenvalue weighted by atomic mass is 16.5. The lowest BCUT2D eigenvalue weighted by Crippen LogP contribution is -2.05. The summed E-state index contributed by atoms with van der Waals surface area (Å²) in [5.74, 6) is -0.563. The molecule has 0 radical (unpaired) electrons. The van der Waals surface area contributed by atoms with Gasteiger partial charge in [-0.2, -0.15) is 0 Å².